The molecule has 0 aliphatic carbocycles. The molecule has 0 spiro atoms. The van der Waals surface area contributed by atoms with Crippen molar-refractivity contribution in [3.8, 4) is 0 Å². The Balaban J connectivity index is 0.00000121. The van der Waals surface area contributed by atoms with Crippen LogP contribution in [0.2, 0.25) is 5.15 Å². The van der Waals surface area contributed by atoms with Gasteiger partial charge < -0.3 is 15.0 Å². The monoisotopic (exact) mass is 364 g/mol. The van der Waals surface area contributed by atoms with Crippen LogP contribution in [-0.2, 0) is 6.54 Å². The Kier molecular flexibility index (Phi) is 7.59. The van der Waals surface area contributed by atoms with Gasteiger partial charge in [-0.2, -0.15) is 0 Å². The molecule has 1 aliphatic rings. The highest BCUT2D eigenvalue weighted by Gasteiger charge is 2.19. The fourth-order valence-electron chi connectivity index (χ4n) is 2.53. The molecule has 0 amide bonds. The highest BCUT2D eigenvalue weighted by atomic mass is 35.5. The van der Waals surface area contributed by atoms with Gasteiger partial charge in [-0.15, -0.1) is 24.8 Å². The van der Waals surface area contributed by atoms with Crippen LogP contribution in [0.15, 0.2) is 30.7 Å². The lowest BCUT2D eigenvalue weighted by atomic mass is 10.0. The summed E-state index contributed by atoms with van der Waals surface area (Å²) >= 11 is 6.02. The summed E-state index contributed by atoms with van der Waals surface area (Å²) in [7, 11) is 0. The van der Waals surface area contributed by atoms with E-state index < -0.39 is 0 Å². The van der Waals surface area contributed by atoms with E-state index in [-0.39, 0.29) is 37.0 Å². The van der Waals surface area contributed by atoms with E-state index in [9.17, 15) is 5.11 Å². The van der Waals surface area contributed by atoms with Crippen LogP contribution in [0.25, 0.3) is 11.0 Å². The first-order valence-electron chi connectivity index (χ1n) is 6.79. The predicted octanol–water partition coefficient (Wildman–Crippen LogP) is 2.60. The Morgan fingerprint density at radius 2 is 2.23 bits per heavy atom. The minimum atomic E-state index is -0.293. The molecule has 1 saturated heterocycles. The second-order valence-corrected chi connectivity index (χ2v) is 5.35. The first-order valence-corrected chi connectivity index (χ1v) is 7.17. The number of allylic oxidation sites excluding steroid dienone is 1. The molecule has 2 aromatic rings. The van der Waals surface area contributed by atoms with E-state index in [4.69, 9.17) is 11.6 Å². The zero-order chi connectivity index (χ0) is 13.9. The number of aromatic nitrogens is 3. The van der Waals surface area contributed by atoms with Gasteiger partial charge in [0.05, 0.1) is 17.5 Å². The number of piperidine rings is 1. The van der Waals surface area contributed by atoms with Crippen molar-refractivity contribution in [2.45, 2.75) is 31.5 Å². The largest absolute Gasteiger partial charge is 0.391 e. The van der Waals surface area contributed by atoms with Crippen LogP contribution in [0.4, 0.5) is 0 Å². The van der Waals surface area contributed by atoms with Gasteiger partial charge in [0.15, 0.2) is 0 Å². The maximum atomic E-state index is 9.88. The van der Waals surface area contributed by atoms with Crippen LogP contribution >= 0.6 is 36.4 Å². The van der Waals surface area contributed by atoms with E-state index in [0.717, 1.165) is 30.4 Å². The fourth-order valence-corrected chi connectivity index (χ4v) is 2.72. The molecule has 2 atom stereocenters. The van der Waals surface area contributed by atoms with Crippen LogP contribution in [0, 0.1) is 0 Å². The molecule has 1 aliphatic heterocycles. The molecule has 0 radical (unpaired) electrons. The average Bonchev–Trinajstić information content (AvgIpc) is 2.86. The number of fused-ring (bicyclic) bond motifs is 1. The summed E-state index contributed by atoms with van der Waals surface area (Å²) in [6.07, 6.45) is 9.08. The van der Waals surface area contributed by atoms with Gasteiger partial charge in [0.1, 0.15) is 17.1 Å². The smallest absolute Gasteiger partial charge is 0.145 e. The number of hydrogen-bond donors (Lipinski definition) is 2. The minimum absolute atomic E-state index is 0. The van der Waals surface area contributed by atoms with E-state index in [1.807, 2.05) is 29.0 Å². The average molecular weight is 366 g/mol. The van der Waals surface area contributed by atoms with Crippen LogP contribution in [0.1, 0.15) is 12.8 Å². The molecule has 1 fully saturated rings. The summed E-state index contributed by atoms with van der Waals surface area (Å²) in [6, 6.07) is 1.96. The molecule has 0 aromatic carbocycles. The third-order valence-corrected chi connectivity index (χ3v) is 3.93. The molecule has 0 bridgehead atoms. The molecule has 3 heterocycles. The van der Waals surface area contributed by atoms with Crippen LogP contribution < -0.4 is 5.32 Å². The van der Waals surface area contributed by atoms with Crippen molar-refractivity contribution < 1.29 is 5.11 Å². The lowest BCUT2D eigenvalue weighted by Crippen LogP contribution is -2.43. The van der Waals surface area contributed by atoms with Crippen molar-refractivity contribution in [1.29, 1.82) is 0 Å². The molecule has 0 unspecified atom stereocenters. The maximum absolute atomic E-state index is 9.88. The summed E-state index contributed by atoms with van der Waals surface area (Å²) < 4.78 is 2.01. The molecule has 2 N–H and O–H groups in total. The lowest BCUT2D eigenvalue weighted by molar-refractivity contribution is 0.115. The Morgan fingerprint density at radius 1 is 1.41 bits per heavy atom. The molecule has 2 aromatic heterocycles. The zero-order valence-electron chi connectivity index (χ0n) is 11.9. The van der Waals surface area contributed by atoms with E-state index in [1.54, 1.807) is 0 Å². The summed E-state index contributed by atoms with van der Waals surface area (Å²) in [5, 5.41) is 14.5. The number of aliphatic hydroxyl groups is 1. The normalized spacial score (nSPS) is 21.5. The van der Waals surface area contributed by atoms with Crippen molar-refractivity contribution in [3.05, 3.63) is 35.9 Å². The molecule has 22 heavy (non-hydrogen) atoms. The minimum Gasteiger partial charge on any atom is -0.391 e. The van der Waals surface area contributed by atoms with Gasteiger partial charge in [-0.3, -0.25) is 0 Å². The molecule has 5 nitrogen and oxygen atoms in total. The molecule has 8 heteroatoms. The van der Waals surface area contributed by atoms with Crippen LogP contribution in [0.5, 0.6) is 0 Å². The Morgan fingerprint density at radius 3 is 3.00 bits per heavy atom. The SMILES string of the molecule is Cl.Cl.O[C@H]1CCCN[C@@H]1/C=C/Cn1ccc2c(Cl)ncnc21. The van der Waals surface area contributed by atoms with Crippen molar-refractivity contribution in [1.82, 2.24) is 19.9 Å². The lowest BCUT2D eigenvalue weighted by Gasteiger charge is -2.26. The van der Waals surface area contributed by atoms with Crippen molar-refractivity contribution >= 4 is 47.4 Å². The molecular weight excluding hydrogens is 347 g/mol. The van der Waals surface area contributed by atoms with E-state index in [0.29, 0.717) is 11.7 Å². The van der Waals surface area contributed by atoms with Gasteiger partial charge in [0, 0.05) is 12.7 Å². The summed E-state index contributed by atoms with van der Waals surface area (Å²) in [5.74, 6) is 0. The number of aliphatic hydroxyl groups excluding tert-OH is 1. The second kappa shape index (κ2) is 8.70. The third kappa shape index (κ3) is 4.12. The van der Waals surface area contributed by atoms with Gasteiger partial charge in [-0.1, -0.05) is 23.8 Å². The topological polar surface area (TPSA) is 63.0 Å². The Hall–Kier alpha value is -0.850. The number of halogens is 3. The van der Waals surface area contributed by atoms with Crippen LogP contribution in [0.3, 0.4) is 0 Å². The summed E-state index contributed by atoms with van der Waals surface area (Å²) in [5.41, 5.74) is 0.826. The number of hydrogen-bond acceptors (Lipinski definition) is 4. The Bertz CT molecular complexity index is 632. The van der Waals surface area contributed by atoms with Crippen LogP contribution in [-0.4, -0.2) is 38.3 Å². The number of nitrogens with one attached hydrogen (secondary N) is 1. The van der Waals surface area contributed by atoms with Gasteiger partial charge in [-0.25, -0.2) is 9.97 Å². The van der Waals surface area contributed by atoms with Gasteiger partial charge in [-0.05, 0) is 25.5 Å². The van der Waals surface area contributed by atoms with Crippen molar-refractivity contribution in [3.63, 3.8) is 0 Å². The van der Waals surface area contributed by atoms with Gasteiger partial charge in [0.25, 0.3) is 0 Å². The van der Waals surface area contributed by atoms with E-state index in [1.165, 1.54) is 6.33 Å². The molecule has 3 rings (SSSR count). The predicted molar refractivity (Wildman–Crippen MR) is 93.2 cm³/mol. The fraction of sp³-hybridized carbons (Fsp3) is 0.429. The Labute approximate surface area is 146 Å². The van der Waals surface area contributed by atoms with Crippen molar-refractivity contribution in [2.24, 2.45) is 0 Å². The van der Waals surface area contributed by atoms with Gasteiger partial charge in [0.2, 0.25) is 0 Å². The van der Waals surface area contributed by atoms with Crippen molar-refractivity contribution in [2.75, 3.05) is 6.54 Å². The van der Waals surface area contributed by atoms with E-state index >= 15 is 0 Å². The molecular formula is C14H19Cl3N4O. The standard InChI is InChI=1S/C14H17ClN4O.2ClH/c15-13-10-5-8-19(14(10)18-9-17-13)7-2-3-11-12(20)4-1-6-16-11;;/h2-3,5,8-9,11-12,16,20H,1,4,6-7H2;2*1H/b3-2+;;/t11-,12+;;/m1../s1. The first-order chi connectivity index (χ1) is 9.75. The maximum Gasteiger partial charge on any atom is 0.145 e. The third-order valence-electron chi connectivity index (χ3n) is 3.62. The van der Waals surface area contributed by atoms with E-state index in [2.05, 4.69) is 15.3 Å². The highest BCUT2D eigenvalue weighted by molar-refractivity contribution is 6.33. The quantitative estimate of drug-likeness (QED) is 0.648. The first kappa shape index (κ1) is 19.2. The molecule has 122 valence electrons. The highest BCUT2D eigenvalue weighted by Crippen LogP contribution is 2.20. The van der Waals surface area contributed by atoms with Gasteiger partial charge >= 0.3 is 0 Å². The summed E-state index contributed by atoms with van der Waals surface area (Å²) in [6.45, 7) is 1.66. The zero-order valence-corrected chi connectivity index (χ0v) is 14.2. The summed E-state index contributed by atoms with van der Waals surface area (Å²) in [4.78, 5) is 8.22. The number of nitrogens with zero attached hydrogens (tertiary/aromatic N) is 3. The second-order valence-electron chi connectivity index (χ2n) is 4.99. The molecule has 0 saturated carbocycles. The number of rotatable bonds is 3.